The van der Waals surface area contributed by atoms with Gasteiger partial charge in [-0.1, -0.05) is 42.5 Å². The second-order valence-corrected chi connectivity index (χ2v) is 4.32. The zero-order valence-corrected chi connectivity index (χ0v) is 9.45. The van der Waals surface area contributed by atoms with Crippen LogP contribution < -0.4 is 0 Å². The molecule has 1 aromatic rings. The normalized spacial score (nSPS) is 19.3. The SMILES string of the molecule is CC1(C)N=C(c2ccccc2)C(=S)N1O. The van der Waals surface area contributed by atoms with Crippen LogP contribution in [0, 0.1) is 0 Å². The first kappa shape index (κ1) is 10.3. The number of benzene rings is 1. The molecule has 1 aliphatic heterocycles. The van der Waals surface area contributed by atoms with Gasteiger partial charge in [0.25, 0.3) is 0 Å². The molecular formula is C11H12N2OS. The van der Waals surface area contributed by atoms with E-state index in [1.54, 1.807) is 0 Å². The van der Waals surface area contributed by atoms with Crippen molar-refractivity contribution in [3.05, 3.63) is 35.9 Å². The first-order chi connectivity index (χ1) is 7.02. The molecule has 1 N–H and O–H groups in total. The van der Waals surface area contributed by atoms with Crippen molar-refractivity contribution in [3.63, 3.8) is 0 Å². The fraction of sp³-hybridized carbons (Fsp3) is 0.273. The highest BCUT2D eigenvalue weighted by atomic mass is 32.1. The number of thiocarbonyl (C=S) groups is 1. The maximum absolute atomic E-state index is 9.73. The minimum absolute atomic E-state index is 0.381. The van der Waals surface area contributed by atoms with Gasteiger partial charge in [0.2, 0.25) is 0 Å². The molecule has 0 saturated carbocycles. The Morgan fingerprint density at radius 2 is 1.87 bits per heavy atom. The van der Waals surface area contributed by atoms with E-state index in [4.69, 9.17) is 12.2 Å². The van der Waals surface area contributed by atoms with E-state index in [9.17, 15) is 5.21 Å². The van der Waals surface area contributed by atoms with Gasteiger partial charge in [0, 0.05) is 5.56 Å². The molecule has 0 bridgehead atoms. The smallest absolute Gasteiger partial charge is 0.155 e. The van der Waals surface area contributed by atoms with E-state index in [1.165, 1.54) is 0 Å². The average Bonchev–Trinajstić information content (AvgIpc) is 2.44. The Hall–Kier alpha value is -1.26. The lowest BCUT2D eigenvalue weighted by Gasteiger charge is -2.23. The van der Waals surface area contributed by atoms with Crippen molar-refractivity contribution in [2.75, 3.05) is 0 Å². The maximum Gasteiger partial charge on any atom is 0.155 e. The van der Waals surface area contributed by atoms with Gasteiger partial charge in [-0.2, -0.15) is 0 Å². The van der Waals surface area contributed by atoms with Crippen LogP contribution in [0.3, 0.4) is 0 Å². The molecule has 0 fully saturated rings. The predicted molar refractivity (Wildman–Crippen MR) is 63.3 cm³/mol. The standard InChI is InChI=1S/C11H12N2OS/c1-11(2)12-9(10(15)13(11)14)8-6-4-3-5-7-8/h3-7,14H,1-2H3. The zero-order valence-electron chi connectivity index (χ0n) is 8.64. The molecule has 1 aliphatic rings. The molecule has 1 aromatic carbocycles. The highest BCUT2D eigenvalue weighted by Crippen LogP contribution is 2.24. The third-order valence-electron chi connectivity index (χ3n) is 2.35. The Bertz CT molecular complexity index is 425. The van der Waals surface area contributed by atoms with Gasteiger partial charge in [0.05, 0.1) is 0 Å². The summed E-state index contributed by atoms with van der Waals surface area (Å²) in [4.78, 5) is 4.78. The molecule has 2 rings (SSSR count). The molecule has 0 radical (unpaired) electrons. The third kappa shape index (κ3) is 1.66. The van der Waals surface area contributed by atoms with Crippen LogP contribution in [0.15, 0.2) is 35.3 Å². The molecule has 15 heavy (non-hydrogen) atoms. The topological polar surface area (TPSA) is 35.8 Å². The van der Waals surface area contributed by atoms with Crippen LogP contribution in [0.25, 0.3) is 0 Å². The van der Waals surface area contributed by atoms with E-state index in [-0.39, 0.29) is 0 Å². The van der Waals surface area contributed by atoms with Gasteiger partial charge in [0.15, 0.2) is 10.7 Å². The minimum atomic E-state index is -0.664. The zero-order chi connectivity index (χ0) is 11.1. The van der Waals surface area contributed by atoms with Gasteiger partial charge in [-0.25, -0.2) is 5.06 Å². The van der Waals surface area contributed by atoms with Crippen molar-refractivity contribution >= 4 is 22.9 Å². The molecule has 78 valence electrons. The number of rotatable bonds is 1. The van der Waals surface area contributed by atoms with Crippen LogP contribution in [0.4, 0.5) is 0 Å². The number of hydroxylamine groups is 2. The summed E-state index contributed by atoms with van der Waals surface area (Å²) >= 11 is 5.14. The van der Waals surface area contributed by atoms with Crippen LogP contribution in [-0.2, 0) is 0 Å². The molecule has 3 nitrogen and oxygen atoms in total. The summed E-state index contributed by atoms with van der Waals surface area (Å²) in [6.45, 7) is 3.63. The second-order valence-electron chi connectivity index (χ2n) is 3.94. The highest BCUT2D eigenvalue weighted by molar-refractivity contribution is 7.82. The van der Waals surface area contributed by atoms with Crippen LogP contribution in [0.5, 0.6) is 0 Å². The molecule has 4 heteroatoms. The van der Waals surface area contributed by atoms with E-state index in [2.05, 4.69) is 4.99 Å². The maximum atomic E-state index is 9.73. The van der Waals surface area contributed by atoms with Crippen molar-refractivity contribution in [1.29, 1.82) is 0 Å². The summed E-state index contributed by atoms with van der Waals surface area (Å²) in [5.41, 5.74) is 0.952. The molecule has 0 saturated heterocycles. The summed E-state index contributed by atoms with van der Waals surface area (Å²) in [5.74, 6) is 0. The van der Waals surface area contributed by atoms with Crippen molar-refractivity contribution in [3.8, 4) is 0 Å². The Morgan fingerprint density at radius 3 is 2.33 bits per heavy atom. The Balaban J connectivity index is 2.45. The Kier molecular flexibility index (Phi) is 2.32. The summed E-state index contributed by atoms with van der Waals surface area (Å²) in [6.07, 6.45) is 0. The van der Waals surface area contributed by atoms with Gasteiger partial charge < -0.3 is 0 Å². The van der Waals surface area contributed by atoms with E-state index < -0.39 is 5.66 Å². The summed E-state index contributed by atoms with van der Waals surface area (Å²) in [7, 11) is 0. The lowest BCUT2D eigenvalue weighted by molar-refractivity contribution is -0.0783. The second kappa shape index (κ2) is 3.40. The first-order valence-corrected chi connectivity index (χ1v) is 5.12. The van der Waals surface area contributed by atoms with Gasteiger partial charge in [0.1, 0.15) is 5.71 Å². The van der Waals surface area contributed by atoms with Crippen molar-refractivity contribution in [1.82, 2.24) is 5.06 Å². The first-order valence-electron chi connectivity index (χ1n) is 4.71. The fourth-order valence-corrected chi connectivity index (χ4v) is 1.89. The van der Waals surface area contributed by atoms with Gasteiger partial charge >= 0.3 is 0 Å². The van der Waals surface area contributed by atoms with E-state index >= 15 is 0 Å². The van der Waals surface area contributed by atoms with Crippen LogP contribution in [0.2, 0.25) is 0 Å². The van der Waals surface area contributed by atoms with Crippen LogP contribution in [-0.4, -0.2) is 26.6 Å². The number of hydrogen-bond donors (Lipinski definition) is 1. The summed E-state index contributed by atoms with van der Waals surface area (Å²) in [6, 6.07) is 9.64. The molecule has 0 aromatic heterocycles. The fourth-order valence-electron chi connectivity index (χ4n) is 1.50. The molecule has 0 atom stereocenters. The lowest BCUT2D eigenvalue weighted by atomic mass is 10.1. The van der Waals surface area contributed by atoms with Crippen molar-refractivity contribution in [2.24, 2.45) is 4.99 Å². The largest absolute Gasteiger partial charge is 0.285 e. The van der Waals surface area contributed by atoms with E-state index in [1.807, 2.05) is 44.2 Å². The van der Waals surface area contributed by atoms with Gasteiger partial charge in [-0.3, -0.25) is 10.2 Å². The Labute approximate surface area is 94.0 Å². The molecule has 1 heterocycles. The van der Waals surface area contributed by atoms with E-state index in [0.29, 0.717) is 10.7 Å². The molecule has 0 spiro atoms. The van der Waals surface area contributed by atoms with Crippen molar-refractivity contribution in [2.45, 2.75) is 19.5 Å². The lowest BCUT2D eigenvalue weighted by Crippen LogP contribution is -2.38. The molecular weight excluding hydrogens is 208 g/mol. The summed E-state index contributed by atoms with van der Waals surface area (Å²) in [5, 5.41) is 10.8. The average molecular weight is 220 g/mol. The number of nitrogens with zero attached hydrogens (tertiary/aromatic N) is 2. The predicted octanol–water partition coefficient (Wildman–Crippen LogP) is 2.24. The summed E-state index contributed by atoms with van der Waals surface area (Å²) < 4.78 is 0. The van der Waals surface area contributed by atoms with Gasteiger partial charge in [-0.15, -0.1) is 0 Å². The monoisotopic (exact) mass is 220 g/mol. The van der Waals surface area contributed by atoms with Crippen LogP contribution in [0.1, 0.15) is 19.4 Å². The third-order valence-corrected chi connectivity index (χ3v) is 2.71. The number of hydrogen-bond acceptors (Lipinski definition) is 3. The molecule has 0 unspecified atom stereocenters. The number of aliphatic imine (C=N–C) groups is 1. The van der Waals surface area contributed by atoms with E-state index in [0.717, 1.165) is 10.6 Å². The molecule has 0 aliphatic carbocycles. The molecule has 0 amide bonds. The van der Waals surface area contributed by atoms with Crippen molar-refractivity contribution < 1.29 is 5.21 Å². The van der Waals surface area contributed by atoms with Crippen LogP contribution >= 0.6 is 12.2 Å². The van der Waals surface area contributed by atoms with Gasteiger partial charge in [-0.05, 0) is 13.8 Å². The quantitative estimate of drug-likeness (QED) is 0.737. The highest BCUT2D eigenvalue weighted by Gasteiger charge is 2.36. The Morgan fingerprint density at radius 1 is 1.27 bits per heavy atom. The minimum Gasteiger partial charge on any atom is -0.285 e.